The van der Waals surface area contributed by atoms with Crippen LogP contribution in [0.3, 0.4) is 0 Å². The molecule has 3 nitrogen and oxygen atoms in total. The summed E-state index contributed by atoms with van der Waals surface area (Å²) in [6.45, 7) is 1.99. The second-order valence-corrected chi connectivity index (χ2v) is 3.48. The lowest BCUT2D eigenvalue weighted by molar-refractivity contribution is -0.112. The van der Waals surface area contributed by atoms with E-state index in [-0.39, 0.29) is 11.5 Å². The molecule has 1 aliphatic heterocycles. The van der Waals surface area contributed by atoms with E-state index in [2.05, 4.69) is 0 Å². The molecule has 16 heavy (non-hydrogen) atoms. The predicted octanol–water partition coefficient (Wildman–Crippen LogP) is 2.34. The highest BCUT2D eigenvalue weighted by molar-refractivity contribution is 6.10. The second kappa shape index (κ2) is 4.03. The summed E-state index contributed by atoms with van der Waals surface area (Å²) in [7, 11) is 0. The first-order valence-electron chi connectivity index (χ1n) is 4.81. The molecule has 1 aliphatic rings. The number of carbonyl (C=O) groups is 1. The minimum atomic E-state index is -0.267. The van der Waals surface area contributed by atoms with Gasteiger partial charge in [0.05, 0.1) is 12.1 Å². The molecule has 1 aromatic carbocycles. The number of carbonyl (C=O) groups excluding carboxylic acids is 1. The number of nitriles is 1. The Hall–Kier alpha value is -2.34. The van der Waals surface area contributed by atoms with Gasteiger partial charge < -0.3 is 4.74 Å². The van der Waals surface area contributed by atoms with E-state index in [0.29, 0.717) is 5.76 Å². The Kier molecular flexibility index (Phi) is 2.57. The van der Waals surface area contributed by atoms with Crippen LogP contribution in [-0.4, -0.2) is 5.78 Å². The van der Waals surface area contributed by atoms with Crippen molar-refractivity contribution >= 4 is 11.5 Å². The van der Waals surface area contributed by atoms with Gasteiger partial charge in [0, 0.05) is 11.6 Å². The molecule has 0 aliphatic carbocycles. The van der Waals surface area contributed by atoms with Crippen molar-refractivity contribution in [3.8, 4) is 6.07 Å². The molecule has 0 atom stereocenters. The van der Waals surface area contributed by atoms with Gasteiger partial charge in [0.15, 0.2) is 5.76 Å². The molecule has 0 saturated heterocycles. The third-order valence-electron chi connectivity index (χ3n) is 2.26. The van der Waals surface area contributed by atoms with Crippen molar-refractivity contribution in [2.45, 2.75) is 6.92 Å². The van der Waals surface area contributed by atoms with E-state index in [1.165, 1.54) is 6.08 Å². The largest absolute Gasteiger partial charge is 0.452 e. The van der Waals surface area contributed by atoms with Crippen LogP contribution in [0, 0.1) is 18.3 Å². The molecule has 0 N–H and O–H groups in total. The van der Waals surface area contributed by atoms with Crippen molar-refractivity contribution in [3.63, 3.8) is 0 Å². The summed E-state index contributed by atoms with van der Waals surface area (Å²) in [5.74, 6) is 0.307. The Labute approximate surface area is 93.3 Å². The molecule has 0 amide bonds. The van der Waals surface area contributed by atoms with E-state index in [0.717, 1.165) is 17.2 Å². The van der Waals surface area contributed by atoms with Gasteiger partial charge in [-0.1, -0.05) is 29.8 Å². The molecule has 1 aromatic rings. The molecule has 0 spiro atoms. The fraction of sp³-hybridized carbons (Fsp3) is 0.0769. The van der Waals surface area contributed by atoms with Gasteiger partial charge in [-0.15, -0.1) is 0 Å². The average molecular weight is 211 g/mol. The molecule has 0 aromatic heterocycles. The van der Waals surface area contributed by atoms with Crippen LogP contribution in [0.15, 0.2) is 42.2 Å². The summed E-state index contributed by atoms with van der Waals surface area (Å²) in [6.07, 6.45) is 2.51. The first kappa shape index (κ1) is 10.2. The van der Waals surface area contributed by atoms with Gasteiger partial charge in [0.25, 0.3) is 0 Å². The summed E-state index contributed by atoms with van der Waals surface area (Å²) >= 11 is 0. The Morgan fingerprint density at radius 2 is 2.00 bits per heavy atom. The molecule has 0 unspecified atom stereocenters. The second-order valence-electron chi connectivity index (χ2n) is 3.48. The summed E-state index contributed by atoms with van der Waals surface area (Å²) in [4.78, 5) is 11.4. The minimum Gasteiger partial charge on any atom is -0.452 e. The minimum absolute atomic E-state index is 0.0816. The topological polar surface area (TPSA) is 50.1 Å². The highest BCUT2D eigenvalue weighted by Crippen LogP contribution is 2.26. The first-order chi connectivity index (χ1) is 7.70. The number of ether oxygens (including phenoxy) is 1. The number of hydrogen-bond donors (Lipinski definition) is 0. The monoisotopic (exact) mass is 211 g/mol. The highest BCUT2D eigenvalue weighted by Gasteiger charge is 2.21. The molecule has 0 bridgehead atoms. The quantitative estimate of drug-likeness (QED) is 0.529. The maximum atomic E-state index is 11.4. The molecular weight excluding hydrogens is 202 g/mol. The molecular formula is C13H9NO2. The summed E-state index contributed by atoms with van der Waals surface area (Å²) in [5.41, 5.74) is 1.97. The number of benzene rings is 1. The van der Waals surface area contributed by atoms with Crippen LogP contribution in [0.4, 0.5) is 0 Å². The van der Waals surface area contributed by atoms with Crippen LogP contribution in [0.25, 0.3) is 5.76 Å². The number of rotatable bonds is 1. The summed E-state index contributed by atoms with van der Waals surface area (Å²) in [6, 6.07) is 9.42. The van der Waals surface area contributed by atoms with E-state index < -0.39 is 0 Å². The molecule has 1 heterocycles. The molecule has 2 rings (SSSR count). The number of nitrogens with zero attached hydrogens (tertiary/aromatic N) is 1. The highest BCUT2D eigenvalue weighted by atomic mass is 16.5. The molecule has 3 heteroatoms. The maximum Gasteiger partial charge on any atom is 0.225 e. The van der Waals surface area contributed by atoms with Crippen LogP contribution in [-0.2, 0) is 9.53 Å². The Morgan fingerprint density at radius 1 is 1.31 bits per heavy atom. The zero-order valence-corrected chi connectivity index (χ0v) is 8.73. The first-order valence-corrected chi connectivity index (χ1v) is 4.81. The van der Waals surface area contributed by atoms with Crippen LogP contribution in [0.2, 0.25) is 0 Å². The third-order valence-corrected chi connectivity index (χ3v) is 2.26. The third kappa shape index (κ3) is 1.86. The lowest BCUT2D eigenvalue weighted by atomic mass is 10.1. The van der Waals surface area contributed by atoms with Gasteiger partial charge in [-0.2, -0.15) is 5.26 Å². The molecule has 0 saturated carbocycles. The van der Waals surface area contributed by atoms with Crippen LogP contribution < -0.4 is 0 Å². The van der Waals surface area contributed by atoms with Crippen LogP contribution >= 0.6 is 0 Å². The Bertz CT molecular complexity index is 530. The van der Waals surface area contributed by atoms with Crippen molar-refractivity contribution in [2.24, 2.45) is 0 Å². The van der Waals surface area contributed by atoms with Crippen molar-refractivity contribution in [1.29, 1.82) is 5.26 Å². The van der Waals surface area contributed by atoms with Crippen molar-refractivity contribution < 1.29 is 9.53 Å². The van der Waals surface area contributed by atoms with Gasteiger partial charge >= 0.3 is 0 Å². The number of hydrogen-bond acceptors (Lipinski definition) is 3. The van der Waals surface area contributed by atoms with Crippen molar-refractivity contribution in [2.75, 3.05) is 0 Å². The normalized spacial score (nSPS) is 16.9. The Balaban J connectivity index is 2.30. The molecule has 78 valence electrons. The van der Waals surface area contributed by atoms with Gasteiger partial charge in [-0.05, 0) is 6.92 Å². The van der Waals surface area contributed by atoms with Crippen molar-refractivity contribution in [1.82, 2.24) is 0 Å². The number of allylic oxidation sites excluding steroid dienone is 2. The average Bonchev–Trinajstić information content (AvgIpc) is 2.62. The fourth-order valence-corrected chi connectivity index (χ4v) is 1.41. The standard InChI is InChI=1S/C13H9NO2/c1-9-2-4-10(5-3-9)13-8-11(15)12(16-13)6-7-14/h2-6,8H,1H3. The fourth-order valence-electron chi connectivity index (χ4n) is 1.41. The SMILES string of the molecule is Cc1ccc(C2=CC(=O)C(=CC#N)O2)cc1. The van der Waals surface area contributed by atoms with E-state index in [1.807, 2.05) is 31.2 Å². The van der Waals surface area contributed by atoms with Gasteiger partial charge in [0.1, 0.15) is 5.76 Å². The van der Waals surface area contributed by atoms with Crippen molar-refractivity contribution in [3.05, 3.63) is 53.3 Å². The van der Waals surface area contributed by atoms with Gasteiger partial charge in [-0.3, -0.25) is 4.79 Å². The lowest BCUT2D eigenvalue weighted by Gasteiger charge is -2.03. The predicted molar refractivity (Wildman–Crippen MR) is 58.9 cm³/mol. The molecule has 0 fully saturated rings. The van der Waals surface area contributed by atoms with E-state index in [1.54, 1.807) is 6.07 Å². The summed E-state index contributed by atoms with van der Waals surface area (Å²) in [5, 5.41) is 8.46. The Morgan fingerprint density at radius 3 is 2.62 bits per heavy atom. The number of ketones is 1. The van der Waals surface area contributed by atoms with Crippen LogP contribution in [0.5, 0.6) is 0 Å². The zero-order chi connectivity index (χ0) is 11.5. The number of aryl methyl sites for hydroxylation is 1. The van der Waals surface area contributed by atoms with E-state index in [4.69, 9.17) is 10.00 Å². The van der Waals surface area contributed by atoms with Crippen LogP contribution in [0.1, 0.15) is 11.1 Å². The smallest absolute Gasteiger partial charge is 0.225 e. The zero-order valence-electron chi connectivity index (χ0n) is 8.73. The lowest BCUT2D eigenvalue weighted by Crippen LogP contribution is -1.92. The summed E-state index contributed by atoms with van der Waals surface area (Å²) < 4.78 is 5.29. The maximum absolute atomic E-state index is 11.4. The van der Waals surface area contributed by atoms with E-state index in [9.17, 15) is 4.79 Å². The van der Waals surface area contributed by atoms with Gasteiger partial charge in [0.2, 0.25) is 5.78 Å². The van der Waals surface area contributed by atoms with E-state index >= 15 is 0 Å². The van der Waals surface area contributed by atoms with Gasteiger partial charge in [-0.25, -0.2) is 0 Å². The molecule has 0 radical (unpaired) electrons.